The minimum atomic E-state index is -0.824. The van der Waals surface area contributed by atoms with E-state index < -0.39 is 17.8 Å². The summed E-state index contributed by atoms with van der Waals surface area (Å²) in [6, 6.07) is 22.4. The molecule has 1 saturated heterocycles. The van der Waals surface area contributed by atoms with Crippen LogP contribution in [0.25, 0.3) is 6.08 Å². The highest BCUT2D eigenvalue weighted by atomic mass is 79.9. The van der Waals surface area contributed by atoms with Crippen molar-refractivity contribution in [3.8, 4) is 5.75 Å². The molecule has 0 aromatic heterocycles. The van der Waals surface area contributed by atoms with Crippen molar-refractivity contribution < 1.29 is 28.6 Å². The Bertz CT molecular complexity index is 1320. The summed E-state index contributed by atoms with van der Waals surface area (Å²) in [5.74, 6) is -0.650. The van der Waals surface area contributed by atoms with Crippen LogP contribution in [0.3, 0.4) is 0 Å². The Balaban J connectivity index is 1.37. The second-order valence-electron chi connectivity index (χ2n) is 8.95. The lowest BCUT2D eigenvalue weighted by Crippen LogP contribution is -2.51. The second kappa shape index (κ2) is 14.4. The number of rotatable bonds is 13. The molecule has 9 nitrogen and oxygen atoms in total. The summed E-state index contributed by atoms with van der Waals surface area (Å²) >= 11 is 3.44. The van der Waals surface area contributed by atoms with Gasteiger partial charge in [-0.1, -0.05) is 52.3 Å². The molecule has 0 unspecified atom stereocenters. The van der Waals surface area contributed by atoms with Crippen LogP contribution in [0.4, 0.5) is 10.5 Å². The Hall–Kier alpha value is -3.99. The summed E-state index contributed by atoms with van der Waals surface area (Å²) < 4.78 is 18.1. The number of anilines is 1. The van der Waals surface area contributed by atoms with Gasteiger partial charge in [0.1, 0.15) is 11.3 Å². The molecule has 0 bridgehead atoms. The van der Waals surface area contributed by atoms with Gasteiger partial charge in [-0.2, -0.15) is 0 Å². The van der Waals surface area contributed by atoms with Gasteiger partial charge in [-0.25, -0.2) is 4.79 Å². The number of nitrogens with one attached hydrogen (secondary N) is 2. The van der Waals surface area contributed by atoms with Gasteiger partial charge >= 0.3 is 6.03 Å². The van der Waals surface area contributed by atoms with Crippen molar-refractivity contribution in [2.24, 2.45) is 0 Å². The van der Waals surface area contributed by atoms with Crippen molar-refractivity contribution in [3.05, 3.63) is 99.5 Å². The highest BCUT2D eigenvalue weighted by molar-refractivity contribution is 9.10. The molecule has 1 fully saturated rings. The molecule has 0 aliphatic carbocycles. The maximum atomic E-state index is 12.0. The molecule has 1 aliphatic heterocycles. The molecule has 0 atom stereocenters. The molecule has 0 saturated carbocycles. The number of carbonyl (C=O) groups excluding carboxylic acids is 3. The van der Waals surface area contributed by atoms with Crippen LogP contribution in [0, 0.1) is 0 Å². The fraction of sp³-hybridized carbons (Fsp3) is 0.233. The lowest BCUT2D eigenvalue weighted by molar-refractivity contribution is -0.123. The van der Waals surface area contributed by atoms with Gasteiger partial charge < -0.3 is 19.1 Å². The molecule has 0 spiro atoms. The average Bonchev–Trinajstić information content (AvgIpc) is 2.96. The number of halogens is 1. The van der Waals surface area contributed by atoms with Crippen molar-refractivity contribution in [2.75, 3.05) is 38.3 Å². The molecule has 208 valence electrons. The predicted octanol–water partition coefficient (Wildman–Crippen LogP) is 4.45. The summed E-state index contributed by atoms with van der Waals surface area (Å²) in [7, 11) is 1.64. The largest absolute Gasteiger partial charge is 0.497 e. The first kappa shape index (κ1) is 29.0. The zero-order valence-electron chi connectivity index (χ0n) is 22.0. The zero-order chi connectivity index (χ0) is 28.3. The first-order valence-electron chi connectivity index (χ1n) is 12.7. The summed E-state index contributed by atoms with van der Waals surface area (Å²) in [4.78, 5) is 37.5. The zero-order valence-corrected chi connectivity index (χ0v) is 23.6. The molecule has 0 radical (unpaired) electrons. The van der Waals surface area contributed by atoms with Crippen LogP contribution in [0.1, 0.15) is 16.7 Å². The van der Waals surface area contributed by atoms with E-state index in [0.29, 0.717) is 45.1 Å². The Kier molecular flexibility index (Phi) is 10.4. The standard InChI is InChI=1S/C30H30BrN3O6/c1-38-26-12-6-23(7-13-26)20-40-17-15-34(14-16-39-19-22-2-8-24(31)9-3-22)25-10-4-21(5-11-25)18-27-28(35)32-30(37)33-29(27)36/h2-13,18H,14-17,19-20H2,1H3,(H2,32,33,35,36,37). The monoisotopic (exact) mass is 607 g/mol. The minimum Gasteiger partial charge on any atom is -0.497 e. The number of methoxy groups -OCH3 is 1. The van der Waals surface area contributed by atoms with Crippen LogP contribution in [0.2, 0.25) is 0 Å². The first-order valence-corrected chi connectivity index (χ1v) is 13.5. The van der Waals surface area contributed by atoms with Crippen molar-refractivity contribution in [3.63, 3.8) is 0 Å². The molecular weight excluding hydrogens is 578 g/mol. The van der Waals surface area contributed by atoms with Crippen LogP contribution >= 0.6 is 15.9 Å². The second-order valence-corrected chi connectivity index (χ2v) is 9.87. The van der Waals surface area contributed by atoms with E-state index in [2.05, 4.69) is 31.5 Å². The summed E-state index contributed by atoms with van der Waals surface area (Å²) in [6.07, 6.45) is 1.45. The maximum Gasteiger partial charge on any atom is 0.328 e. The Labute approximate surface area is 241 Å². The van der Waals surface area contributed by atoms with E-state index in [1.165, 1.54) is 6.08 Å². The van der Waals surface area contributed by atoms with Crippen LogP contribution < -0.4 is 20.3 Å². The third kappa shape index (κ3) is 8.51. The summed E-state index contributed by atoms with van der Waals surface area (Å²) in [5.41, 5.74) is 3.61. The SMILES string of the molecule is COc1ccc(COCCN(CCOCc2ccc(Br)cc2)c2ccc(C=C3C(=O)NC(=O)NC3=O)cc2)cc1. The van der Waals surface area contributed by atoms with Crippen LogP contribution in [-0.2, 0) is 32.3 Å². The molecule has 3 aromatic rings. The summed E-state index contributed by atoms with van der Waals surface area (Å²) in [6.45, 7) is 3.26. The smallest absolute Gasteiger partial charge is 0.328 e. The normalized spacial score (nSPS) is 13.1. The van der Waals surface area contributed by atoms with Gasteiger partial charge in [0.2, 0.25) is 0 Å². The molecule has 10 heteroatoms. The molecular formula is C30H30BrN3O6. The van der Waals surface area contributed by atoms with Crippen molar-refractivity contribution in [1.29, 1.82) is 0 Å². The van der Waals surface area contributed by atoms with Crippen LogP contribution in [0.5, 0.6) is 5.75 Å². The topological polar surface area (TPSA) is 106 Å². The number of hydrogen-bond acceptors (Lipinski definition) is 7. The third-order valence-corrected chi connectivity index (χ3v) is 6.66. The minimum absolute atomic E-state index is 0.127. The fourth-order valence-corrected chi connectivity index (χ4v) is 4.22. The van der Waals surface area contributed by atoms with E-state index in [1.54, 1.807) is 7.11 Å². The molecule has 2 N–H and O–H groups in total. The van der Waals surface area contributed by atoms with Crippen molar-refractivity contribution >= 4 is 45.5 Å². The van der Waals surface area contributed by atoms with E-state index in [0.717, 1.165) is 27.0 Å². The Morgan fingerprint density at radius 1 is 0.750 bits per heavy atom. The molecule has 4 amide bonds. The summed E-state index contributed by atoms with van der Waals surface area (Å²) in [5, 5.41) is 4.15. The number of nitrogens with zero attached hydrogens (tertiary/aromatic N) is 1. The molecule has 3 aromatic carbocycles. The number of carbonyl (C=O) groups is 3. The van der Waals surface area contributed by atoms with Gasteiger partial charge in [-0.15, -0.1) is 0 Å². The van der Waals surface area contributed by atoms with E-state index >= 15 is 0 Å². The van der Waals surface area contributed by atoms with Crippen LogP contribution in [0.15, 0.2) is 82.8 Å². The Morgan fingerprint density at radius 3 is 1.80 bits per heavy atom. The van der Waals surface area contributed by atoms with Gasteiger partial charge in [0.15, 0.2) is 0 Å². The number of ether oxygens (including phenoxy) is 3. The molecule has 40 heavy (non-hydrogen) atoms. The van der Waals surface area contributed by atoms with E-state index in [9.17, 15) is 14.4 Å². The lowest BCUT2D eigenvalue weighted by Gasteiger charge is -2.25. The van der Waals surface area contributed by atoms with E-state index in [-0.39, 0.29) is 5.57 Å². The highest BCUT2D eigenvalue weighted by Crippen LogP contribution is 2.19. The number of benzene rings is 3. The average molecular weight is 608 g/mol. The lowest BCUT2D eigenvalue weighted by atomic mass is 10.1. The molecule has 4 rings (SSSR count). The van der Waals surface area contributed by atoms with Gasteiger partial charge in [0.25, 0.3) is 11.8 Å². The maximum absolute atomic E-state index is 12.0. The number of urea groups is 1. The van der Waals surface area contributed by atoms with Gasteiger partial charge in [-0.3, -0.25) is 20.2 Å². The number of imide groups is 2. The fourth-order valence-electron chi connectivity index (χ4n) is 3.96. The van der Waals surface area contributed by atoms with Crippen molar-refractivity contribution in [2.45, 2.75) is 13.2 Å². The van der Waals surface area contributed by atoms with Gasteiger partial charge in [0.05, 0.1) is 33.5 Å². The predicted molar refractivity (Wildman–Crippen MR) is 155 cm³/mol. The van der Waals surface area contributed by atoms with E-state index in [1.807, 2.05) is 72.8 Å². The third-order valence-electron chi connectivity index (χ3n) is 6.13. The molecule has 1 aliphatic rings. The quantitative estimate of drug-likeness (QED) is 0.168. The highest BCUT2D eigenvalue weighted by Gasteiger charge is 2.27. The number of amides is 4. The number of hydrogen-bond donors (Lipinski definition) is 2. The first-order chi connectivity index (χ1) is 19.4. The number of barbiturate groups is 1. The van der Waals surface area contributed by atoms with Gasteiger partial charge in [-0.05, 0) is 59.2 Å². The molecule has 1 heterocycles. The van der Waals surface area contributed by atoms with E-state index in [4.69, 9.17) is 14.2 Å². The van der Waals surface area contributed by atoms with Crippen LogP contribution in [-0.4, -0.2) is 51.3 Å². The Morgan fingerprint density at radius 2 is 1.27 bits per heavy atom. The van der Waals surface area contributed by atoms with Gasteiger partial charge in [0, 0.05) is 23.2 Å². The van der Waals surface area contributed by atoms with Crippen molar-refractivity contribution in [1.82, 2.24) is 10.6 Å².